The van der Waals surface area contributed by atoms with Gasteiger partial charge in [0.15, 0.2) is 5.78 Å². The highest BCUT2D eigenvalue weighted by atomic mass is 32.1. The lowest BCUT2D eigenvalue weighted by atomic mass is 9.86. The van der Waals surface area contributed by atoms with Gasteiger partial charge in [0.1, 0.15) is 12.1 Å². The monoisotopic (exact) mass is 509 g/mol. The third-order valence-electron chi connectivity index (χ3n) is 7.06. The summed E-state index contributed by atoms with van der Waals surface area (Å²) in [6, 6.07) is 7.48. The van der Waals surface area contributed by atoms with Gasteiger partial charge in [-0.1, -0.05) is 46.8 Å². The first-order chi connectivity index (χ1) is 17.0. The molecule has 3 unspecified atom stereocenters. The van der Waals surface area contributed by atoms with Gasteiger partial charge in [0.25, 0.3) is 11.8 Å². The van der Waals surface area contributed by atoms with Crippen molar-refractivity contribution in [3.63, 3.8) is 0 Å². The molecule has 0 bridgehead atoms. The molecule has 2 aromatic rings. The fourth-order valence-corrected chi connectivity index (χ4v) is 5.78. The zero-order valence-electron chi connectivity index (χ0n) is 21.6. The van der Waals surface area contributed by atoms with Gasteiger partial charge < -0.3 is 15.1 Å². The number of fused-ring (bicyclic) bond motifs is 1. The van der Waals surface area contributed by atoms with Crippen molar-refractivity contribution in [2.24, 2.45) is 5.92 Å². The SMILES string of the molecule is CC(C)CC(NC(=O)c1ccc(C(C)(C)C)cc1)C(=O)N1CCC2C1C(=O)CN2C(=O)c1ccsc1. The number of nitrogens with one attached hydrogen (secondary N) is 1. The Morgan fingerprint density at radius 1 is 1.06 bits per heavy atom. The second kappa shape index (κ2) is 10.2. The van der Waals surface area contributed by atoms with Crippen molar-refractivity contribution in [3.05, 3.63) is 57.8 Å². The maximum absolute atomic E-state index is 13.7. The zero-order chi connectivity index (χ0) is 26.2. The number of amides is 3. The lowest BCUT2D eigenvalue weighted by molar-refractivity contribution is -0.138. The van der Waals surface area contributed by atoms with Gasteiger partial charge in [-0.3, -0.25) is 19.2 Å². The van der Waals surface area contributed by atoms with E-state index in [1.54, 1.807) is 33.4 Å². The Kier molecular flexibility index (Phi) is 7.36. The quantitative estimate of drug-likeness (QED) is 0.640. The maximum atomic E-state index is 13.7. The predicted molar refractivity (Wildman–Crippen MR) is 140 cm³/mol. The summed E-state index contributed by atoms with van der Waals surface area (Å²) < 4.78 is 0. The van der Waals surface area contributed by atoms with Gasteiger partial charge in [-0.2, -0.15) is 11.3 Å². The van der Waals surface area contributed by atoms with Gasteiger partial charge in [-0.05, 0) is 53.3 Å². The van der Waals surface area contributed by atoms with Crippen LogP contribution in [0.15, 0.2) is 41.1 Å². The van der Waals surface area contributed by atoms with Gasteiger partial charge >= 0.3 is 0 Å². The third kappa shape index (κ3) is 5.24. The third-order valence-corrected chi connectivity index (χ3v) is 7.74. The van der Waals surface area contributed by atoms with E-state index in [0.717, 1.165) is 5.56 Å². The summed E-state index contributed by atoms with van der Waals surface area (Å²) >= 11 is 1.44. The number of thiophene rings is 1. The predicted octanol–water partition coefficient (Wildman–Crippen LogP) is 3.88. The van der Waals surface area contributed by atoms with Crippen LogP contribution < -0.4 is 5.32 Å². The molecule has 0 aliphatic carbocycles. The van der Waals surface area contributed by atoms with Crippen LogP contribution in [0.25, 0.3) is 0 Å². The standard InChI is InChI=1S/C28H35N3O4S/c1-17(2)14-21(29-25(33)18-6-8-20(9-7-18)28(3,4)5)27(35)30-12-10-22-24(30)23(32)15-31(22)26(34)19-11-13-36-16-19/h6-9,11,13,16-17,21-22,24H,10,12,14-15H2,1-5H3,(H,29,33). The summed E-state index contributed by atoms with van der Waals surface area (Å²) in [5.41, 5.74) is 2.16. The van der Waals surface area contributed by atoms with Gasteiger partial charge in [-0.15, -0.1) is 0 Å². The van der Waals surface area contributed by atoms with Crippen molar-refractivity contribution in [2.75, 3.05) is 13.1 Å². The maximum Gasteiger partial charge on any atom is 0.255 e. The minimum absolute atomic E-state index is 0.00905. The highest BCUT2D eigenvalue weighted by Crippen LogP contribution is 2.32. The number of ketones is 1. The zero-order valence-corrected chi connectivity index (χ0v) is 22.4. The molecule has 0 saturated carbocycles. The number of carbonyl (C=O) groups is 4. The molecule has 4 rings (SSSR count). The molecule has 2 saturated heterocycles. The van der Waals surface area contributed by atoms with Gasteiger partial charge in [0.2, 0.25) is 5.91 Å². The van der Waals surface area contributed by atoms with Crippen molar-refractivity contribution >= 4 is 34.8 Å². The molecule has 2 aliphatic heterocycles. The molecule has 36 heavy (non-hydrogen) atoms. The summed E-state index contributed by atoms with van der Waals surface area (Å²) in [5.74, 6) is -0.693. The van der Waals surface area contributed by atoms with E-state index in [4.69, 9.17) is 0 Å². The average molecular weight is 510 g/mol. The molecule has 2 aliphatic rings. The van der Waals surface area contributed by atoms with Crippen LogP contribution in [0.2, 0.25) is 0 Å². The molecule has 8 heteroatoms. The van der Waals surface area contributed by atoms with Crippen molar-refractivity contribution in [2.45, 2.75) is 71.0 Å². The first-order valence-corrected chi connectivity index (χ1v) is 13.5. The Labute approximate surface area is 216 Å². The summed E-state index contributed by atoms with van der Waals surface area (Å²) in [7, 11) is 0. The summed E-state index contributed by atoms with van der Waals surface area (Å²) in [4.78, 5) is 55.9. The number of likely N-dealkylation sites (tertiary alicyclic amines) is 2. The Balaban J connectivity index is 1.49. The first-order valence-electron chi connectivity index (χ1n) is 12.5. The highest BCUT2D eigenvalue weighted by Gasteiger charge is 2.52. The number of Topliss-reactive ketones (excluding diaryl/α,β-unsaturated/α-hetero) is 1. The van der Waals surface area contributed by atoms with Gasteiger partial charge in [-0.25, -0.2) is 0 Å². The molecule has 3 amide bonds. The van der Waals surface area contributed by atoms with E-state index in [-0.39, 0.29) is 47.4 Å². The van der Waals surface area contributed by atoms with Gasteiger partial charge in [0.05, 0.1) is 18.2 Å². The molecule has 3 heterocycles. The second-order valence-corrected chi connectivity index (χ2v) is 12.0. The molecule has 192 valence electrons. The number of benzene rings is 1. The van der Waals surface area contributed by atoms with Gasteiger partial charge in [0, 0.05) is 17.5 Å². The smallest absolute Gasteiger partial charge is 0.255 e. The lowest BCUT2D eigenvalue weighted by Gasteiger charge is -2.29. The summed E-state index contributed by atoms with van der Waals surface area (Å²) in [6.07, 6.45) is 1.01. The second-order valence-electron chi connectivity index (χ2n) is 11.2. The largest absolute Gasteiger partial charge is 0.340 e. The summed E-state index contributed by atoms with van der Waals surface area (Å²) in [5, 5.41) is 6.54. The Morgan fingerprint density at radius 2 is 1.75 bits per heavy atom. The van der Waals surface area contributed by atoms with Crippen molar-refractivity contribution < 1.29 is 19.2 Å². The van der Waals surface area contributed by atoms with Crippen molar-refractivity contribution in [3.8, 4) is 0 Å². The molecular weight excluding hydrogens is 474 g/mol. The minimum atomic E-state index is -0.743. The topological polar surface area (TPSA) is 86.8 Å². The fourth-order valence-electron chi connectivity index (χ4n) is 5.15. The summed E-state index contributed by atoms with van der Waals surface area (Å²) in [6.45, 7) is 10.7. The number of carbonyl (C=O) groups excluding carboxylic acids is 4. The molecular formula is C28H35N3O4S. The highest BCUT2D eigenvalue weighted by molar-refractivity contribution is 7.08. The van der Waals surface area contributed by atoms with Crippen LogP contribution in [-0.2, 0) is 15.0 Å². The molecule has 1 aromatic carbocycles. The minimum Gasteiger partial charge on any atom is -0.340 e. The Morgan fingerprint density at radius 3 is 2.33 bits per heavy atom. The van der Waals surface area contributed by atoms with Crippen LogP contribution in [0, 0.1) is 5.92 Å². The number of hydrogen-bond donors (Lipinski definition) is 1. The van der Waals surface area contributed by atoms with Crippen LogP contribution in [0.5, 0.6) is 0 Å². The molecule has 1 aromatic heterocycles. The molecule has 3 atom stereocenters. The normalized spacial score (nSPS) is 20.6. The Hall–Kier alpha value is -3.00. The van der Waals surface area contributed by atoms with Crippen molar-refractivity contribution in [1.82, 2.24) is 15.1 Å². The van der Waals surface area contributed by atoms with Crippen molar-refractivity contribution in [1.29, 1.82) is 0 Å². The average Bonchev–Trinajstić information content (AvgIpc) is 3.56. The lowest BCUT2D eigenvalue weighted by Crippen LogP contribution is -2.53. The van der Waals surface area contributed by atoms with E-state index in [0.29, 0.717) is 30.5 Å². The molecule has 0 radical (unpaired) electrons. The van der Waals surface area contributed by atoms with E-state index in [9.17, 15) is 19.2 Å². The van der Waals surface area contributed by atoms with Crippen LogP contribution >= 0.6 is 11.3 Å². The number of nitrogens with zero attached hydrogens (tertiary/aromatic N) is 2. The number of hydrogen-bond acceptors (Lipinski definition) is 5. The van der Waals surface area contributed by atoms with E-state index >= 15 is 0 Å². The molecule has 1 N–H and O–H groups in total. The van der Waals surface area contributed by atoms with Crippen LogP contribution in [0.3, 0.4) is 0 Å². The first kappa shape index (κ1) is 26.1. The van der Waals surface area contributed by atoms with E-state index in [2.05, 4.69) is 26.1 Å². The van der Waals surface area contributed by atoms with Crippen LogP contribution in [-0.4, -0.2) is 64.5 Å². The fraction of sp³-hybridized carbons (Fsp3) is 0.500. The van der Waals surface area contributed by atoms with E-state index in [1.807, 2.05) is 31.4 Å². The number of rotatable bonds is 6. The molecule has 7 nitrogen and oxygen atoms in total. The van der Waals surface area contributed by atoms with E-state index in [1.165, 1.54) is 11.3 Å². The van der Waals surface area contributed by atoms with E-state index < -0.39 is 12.1 Å². The Bertz CT molecular complexity index is 1130. The molecule has 0 spiro atoms. The molecule has 2 fully saturated rings. The van der Waals surface area contributed by atoms with Crippen LogP contribution in [0.1, 0.15) is 73.7 Å². The van der Waals surface area contributed by atoms with Crippen LogP contribution in [0.4, 0.5) is 0 Å².